The molecule has 1 aromatic heterocycles. The molecule has 1 atom stereocenters. The lowest BCUT2D eigenvalue weighted by Gasteiger charge is -2.42. The topological polar surface area (TPSA) is 85.7 Å². The van der Waals surface area contributed by atoms with Crippen molar-refractivity contribution in [2.45, 2.75) is 85.1 Å². The fraction of sp³-hybridized carbons (Fsp3) is 0.762. The SMILES string of the molecule is Cc1cnn2c1[C@@H](NC(=O)OC(C)(C)C)C1(CCN(C(=O)OC(C)(C)C)CC1)C2. The molecule has 0 aromatic carbocycles. The van der Waals surface area contributed by atoms with Crippen LogP contribution in [-0.2, 0) is 16.0 Å². The van der Waals surface area contributed by atoms with Crippen molar-refractivity contribution in [1.29, 1.82) is 0 Å². The van der Waals surface area contributed by atoms with Gasteiger partial charge in [0.25, 0.3) is 0 Å². The van der Waals surface area contributed by atoms with Crippen molar-refractivity contribution in [1.82, 2.24) is 20.0 Å². The summed E-state index contributed by atoms with van der Waals surface area (Å²) in [6.07, 6.45) is 2.65. The number of nitrogens with zero attached hydrogens (tertiary/aromatic N) is 3. The van der Waals surface area contributed by atoms with E-state index in [9.17, 15) is 9.59 Å². The number of amides is 2. The van der Waals surface area contributed by atoms with Gasteiger partial charge in [-0.2, -0.15) is 5.10 Å². The summed E-state index contributed by atoms with van der Waals surface area (Å²) < 4.78 is 13.0. The molecule has 0 unspecified atom stereocenters. The van der Waals surface area contributed by atoms with Crippen LogP contribution in [0.25, 0.3) is 0 Å². The van der Waals surface area contributed by atoms with Crippen LogP contribution in [0.1, 0.15) is 71.7 Å². The molecule has 0 radical (unpaired) electrons. The summed E-state index contributed by atoms with van der Waals surface area (Å²) in [6.45, 7) is 15.1. The van der Waals surface area contributed by atoms with Gasteiger partial charge in [-0.05, 0) is 66.9 Å². The lowest BCUT2D eigenvalue weighted by atomic mass is 9.73. The van der Waals surface area contributed by atoms with Crippen LogP contribution in [0.4, 0.5) is 9.59 Å². The van der Waals surface area contributed by atoms with Crippen LogP contribution in [-0.4, -0.2) is 51.2 Å². The van der Waals surface area contributed by atoms with Crippen LogP contribution >= 0.6 is 0 Å². The average molecular weight is 407 g/mol. The van der Waals surface area contributed by atoms with Crippen molar-refractivity contribution in [3.8, 4) is 0 Å². The van der Waals surface area contributed by atoms with Crippen LogP contribution in [0.15, 0.2) is 6.20 Å². The van der Waals surface area contributed by atoms with Crippen LogP contribution in [0.5, 0.6) is 0 Å². The van der Waals surface area contributed by atoms with E-state index in [4.69, 9.17) is 9.47 Å². The van der Waals surface area contributed by atoms with E-state index in [1.54, 1.807) is 4.90 Å². The van der Waals surface area contributed by atoms with Gasteiger partial charge in [0.05, 0.1) is 17.9 Å². The molecule has 1 saturated heterocycles. The maximum Gasteiger partial charge on any atom is 0.410 e. The Labute approximate surface area is 172 Å². The number of carbonyl (C=O) groups excluding carboxylic acids is 2. The number of aryl methyl sites for hydroxylation is 1. The van der Waals surface area contributed by atoms with Gasteiger partial charge in [-0.3, -0.25) is 4.68 Å². The molecule has 1 fully saturated rings. The zero-order chi connectivity index (χ0) is 21.6. The number of hydrogen-bond donors (Lipinski definition) is 1. The monoisotopic (exact) mass is 406 g/mol. The highest BCUT2D eigenvalue weighted by molar-refractivity contribution is 5.69. The number of carbonyl (C=O) groups is 2. The quantitative estimate of drug-likeness (QED) is 0.767. The van der Waals surface area contributed by atoms with E-state index >= 15 is 0 Å². The molecular weight excluding hydrogens is 372 g/mol. The molecule has 1 aromatic rings. The van der Waals surface area contributed by atoms with Gasteiger partial charge in [0.1, 0.15) is 11.2 Å². The molecule has 8 heteroatoms. The fourth-order valence-electron chi connectivity index (χ4n) is 4.23. The summed E-state index contributed by atoms with van der Waals surface area (Å²) in [5.74, 6) is 0. The Morgan fingerprint density at radius 3 is 2.24 bits per heavy atom. The van der Waals surface area contributed by atoms with E-state index in [1.807, 2.05) is 59.3 Å². The fourth-order valence-corrected chi connectivity index (χ4v) is 4.23. The molecule has 2 aliphatic rings. The average Bonchev–Trinajstić information content (AvgIpc) is 3.03. The Hall–Kier alpha value is -2.25. The number of fused-ring (bicyclic) bond motifs is 1. The minimum Gasteiger partial charge on any atom is -0.444 e. The number of aromatic nitrogens is 2. The number of hydrogen-bond acceptors (Lipinski definition) is 5. The number of likely N-dealkylation sites (tertiary alicyclic amines) is 1. The van der Waals surface area contributed by atoms with E-state index in [0.717, 1.165) is 30.6 Å². The van der Waals surface area contributed by atoms with E-state index in [0.29, 0.717) is 13.1 Å². The highest BCUT2D eigenvalue weighted by Gasteiger charge is 2.51. The minimum absolute atomic E-state index is 0.191. The smallest absolute Gasteiger partial charge is 0.410 e. The first-order chi connectivity index (χ1) is 13.3. The van der Waals surface area contributed by atoms with Gasteiger partial charge in [-0.25, -0.2) is 9.59 Å². The van der Waals surface area contributed by atoms with Crippen LogP contribution in [0.2, 0.25) is 0 Å². The van der Waals surface area contributed by atoms with Gasteiger partial charge < -0.3 is 19.7 Å². The van der Waals surface area contributed by atoms with E-state index in [2.05, 4.69) is 10.4 Å². The lowest BCUT2D eigenvalue weighted by Crippen LogP contribution is -2.50. The normalized spacial score (nSPS) is 21.1. The number of alkyl carbamates (subject to hydrolysis) is 1. The molecule has 29 heavy (non-hydrogen) atoms. The number of ether oxygens (including phenoxy) is 2. The molecule has 0 bridgehead atoms. The van der Waals surface area contributed by atoms with Crippen LogP contribution < -0.4 is 5.32 Å². The number of piperidine rings is 1. The maximum absolute atomic E-state index is 12.6. The van der Waals surface area contributed by atoms with Crippen molar-refractivity contribution in [3.05, 3.63) is 17.5 Å². The molecule has 8 nitrogen and oxygen atoms in total. The Morgan fingerprint density at radius 2 is 1.69 bits per heavy atom. The van der Waals surface area contributed by atoms with Crippen LogP contribution in [0, 0.1) is 12.3 Å². The second-order valence-corrected chi connectivity index (χ2v) is 10.3. The highest BCUT2D eigenvalue weighted by Crippen LogP contribution is 2.50. The third-order valence-electron chi connectivity index (χ3n) is 5.50. The molecule has 1 N–H and O–H groups in total. The predicted molar refractivity (Wildman–Crippen MR) is 109 cm³/mol. The Kier molecular flexibility index (Phi) is 5.34. The zero-order valence-electron chi connectivity index (χ0n) is 18.7. The standard InChI is InChI=1S/C21H34N4O4/c1-14-12-22-25-13-21(16(15(14)25)23-17(26)28-19(2,3)4)8-10-24(11-9-21)18(27)29-20(5,6)7/h12,16H,8-11,13H2,1-7H3,(H,23,26)/t16-/m1/s1. The molecular formula is C21H34N4O4. The molecule has 0 aliphatic carbocycles. The van der Waals surface area contributed by atoms with Crippen molar-refractivity contribution in [3.63, 3.8) is 0 Å². The summed E-state index contributed by atoms with van der Waals surface area (Å²) in [5.41, 5.74) is 0.813. The first-order valence-corrected chi connectivity index (χ1v) is 10.3. The summed E-state index contributed by atoms with van der Waals surface area (Å²) >= 11 is 0. The molecule has 0 saturated carbocycles. The molecule has 162 valence electrons. The third kappa shape index (κ3) is 4.67. The van der Waals surface area contributed by atoms with Gasteiger partial charge in [0, 0.05) is 25.0 Å². The highest BCUT2D eigenvalue weighted by atomic mass is 16.6. The van der Waals surface area contributed by atoms with E-state index in [-0.39, 0.29) is 17.6 Å². The Bertz CT molecular complexity index is 780. The Balaban J connectivity index is 1.76. The minimum atomic E-state index is -0.564. The molecule has 2 aliphatic heterocycles. The van der Waals surface area contributed by atoms with Crippen molar-refractivity contribution >= 4 is 12.2 Å². The summed E-state index contributed by atoms with van der Waals surface area (Å²) in [4.78, 5) is 26.8. The van der Waals surface area contributed by atoms with E-state index in [1.165, 1.54) is 0 Å². The van der Waals surface area contributed by atoms with Gasteiger partial charge >= 0.3 is 12.2 Å². The number of nitrogens with one attached hydrogen (secondary N) is 1. The zero-order valence-corrected chi connectivity index (χ0v) is 18.7. The first-order valence-electron chi connectivity index (χ1n) is 10.3. The van der Waals surface area contributed by atoms with Gasteiger partial charge in [-0.1, -0.05) is 0 Å². The molecule has 1 spiro atoms. The van der Waals surface area contributed by atoms with E-state index < -0.39 is 17.3 Å². The predicted octanol–water partition coefficient (Wildman–Crippen LogP) is 3.79. The van der Waals surface area contributed by atoms with Crippen LogP contribution in [0.3, 0.4) is 0 Å². The van der Waals surface area contributed by atoms with Crippen molar-refractivity contribution in [2.75, 3.05) is 13.1 Å². The molecule has 3 heterocycles. The van der Waals surface area contributed by atoms with Gasteiger partial charge in [0.15, 0.2) is 0 Å². The molecule has 3 rings (SSSR count). The Morgan fingerprint density at radius 1 is 1.10 bits per heavy atom. The van der Waals surface area contributed by atoms with Gasteiger partial charge in [-0.15, -0.1) is 0 Å². The third-order valence-corrected chi connectivity index (χ3v) is 5.50. The first kappa shape index (κ1) is 21.5. The summed E-state index contributed by atoms with van der Waals surface area (Å²) in [5, 5.41) is 7.60. The second-order valence-electron chi connectivity index (χ2n) is 10.3. The van der Waals surface area contributed by atoms with Crippen molar-refractivity contribution in [2.24, 2.45) is 5.41 Å². The maximum atomic E-state index is 12.6. The number of rotatable bonds is 1. The second kappa shape index (κ2) is 7.22. The lowest BCUT2D eigenvalue weighted by molar-refractivity contribution is 0.00168. The molecule has 2 amide bonds. The van der Waals surface area contributed by atoms with Gasteiger partial charge in [0.2, 0.25) is 0 Å². The summed E-state index contributed by atoms with van der Waals surface area (Å²) in [6, 6.07) is -0.194. The van der Waals surface area contributed by atoms with Crippen molar-refractivity contribution < 1.29 is 19.1 Å². The summed E-state index contributed by atoms with van der Waals surface area (Å²) in [7, 11) is 0. The largest absolute Gasteiger partial charge is 0.444 e.